The summed E-state index contributed by atoms with van der Waals surface area (Å²) in [7, 11) is -0.800. The van der Waals surface area contributed by atoms with Crippen LogP contribution in [0.1, 0.15) is 105 Å². The van der Waals surface area contributed by atoms with Gasteiger partial charge in [-0.15, -0.1) is 0 Å². The van der Waals surface area contributed by atoms with Crippen molar-refractivity contribution < 1.29 is 4.74 Å². The van der Waals surface area contributed by atoms with E-state index >= 15 is 0 Å². The second kappa shape index (κ2) is 17.4. The van der Waals surface area contributed by atoms with Crippen LogP contribution in [0.5, 0.6) is 0 Å². The summed E-state index contributed by atoms with van der Waals surface area (Å²) in [4.78, 5) is 0. The first-order valence-electron chi connectivity index (χ1n) is 12.0. The van der Waals surface area contributed by atoms with Gasteiger partial charge in [0.2, 0.25) is 0 Å². The molecule has 0 heterocycles. The van der Waals surface area contributed by atoms with Crippen LogP contribution in [0.25, 0.3) is 0 Å². The lowest BCUT2D eigenvalue weighted by Crippen LogP contribution is -2.22. The number of ether oxygens (including phenoxy) is 1. The van der Waals surface area contributed by atoms with E-state index in [0.29, 0.717) is 0 Å². The molecule has 0 unspecified atom stereocenters. The number of thioether (sulfide) groups is 1. The molecule has 0 N–H and O–H groups in total. The Morgan fingerprint density at radius 3 is 1.59 bits per heavy atom. The molecule has 0 saturated heterocycles. The minimum absolute atomic E-state index is 0.0257. The van der Waals surface area contributed by atoms with Crippen molar-refractivity contribution in [2.45, 2.75) is 136 Å². The summed E-state index contributed by atoms with van der Waals surface area (Å²) >= 11 is 2.11. The van der Waals surface area contributed by atoms with Gasteiger partial charge in [-0.2, -0.15) is 11.8 Å². The predicted octanol–water partition coefficient (Wildman–Crippen LogP) is 8.94. The molecule has 0 radical (unpaired) electrons. The Hall–Kier alpha value is 0.527. The van der Waals surface area contributed by atoms with Crippen LogP contribution >= 0.6 is 11.8 Å². The highest BCUT2D eigenvalue weighted by Gasteiger charge is 2.16. The van der Waals surface area contributed by atoms with E-state index in [1.807, 2.05) is 0 Å². The molecule has 0 spiro atoms. The van der Waals surface area contributed by atoms with Gasteiger partial charge >= 0.3 is 0 Å². The zero-order chi connectivity index (χ0) is 20.4. The summed E-state index contributed by atoms with van der Waals surface area (Å²) < 4.78 is 5.75. The largest absolute Gasteiger partial charge is 0.376 e. The van der Waals surface area contributed by atoms with Crippen molar-refractivity contribution in [3.63, 3.8) is 0 Å². The highest BCUT2D eigenvalue weighted by atomic mass is 32.2. The fraction of sp³-hybridized carbons (Fsp3) is 1.00. The van der Waals surface area contributed by atoms with Gasteiger partial charge in [-0.3, -0.25) is 0 Å². The van der Waals surface area contributed by atoms with E-state index in [0.717, 1.165) is 6.61 Å². The highest BCUT2D eigenvalue weighted by Crippen LogP contribution is 2.20. The first kappa shape index (κ1) is 27.5. The Kier molecular flexibility index (Phi) is 17.7. The van der Waals surface area contributed by atoms with E-state index in [1.165, 1.54) is 94.6 Å². The molecule has 0 aromatic heterocycles. The standard InChI is InChI=1S/C24H52OSSi/c1-7-27(5,6)23-18-16-14-12-10-8-9-11-13-15-17-21-26-22-19-20-25-24(2,3)4/h7-23H2,1-6H3. The van der Waals surface area contributed by atoms with Gasteiger partial charge in [-0.25, -0.2) is 0 Å². The van der Waals surface area contributed by atoms with Crippen LogP contribution in [0.15, 0.2) is 0 Å². The molecule has 0 bridgehead atoms. The fourth-order valence-electron chi connectivity index (χ4n) is 3.22. The van der Waals surface area contributed by atoms with Crippen LogP contribution in [-0.2, 0) is 4.74 Å². The maximum Gasteiger partial charge on any atom is 0.0598 e. The molecule has 0 aliphatic heterocycles. The van der Waals surface area contributed by atoms with Crippen molar-refractivity contribution in [3.8, 4) is 0 Å². The van der Waals surface area contributed by atoms with Crippen LogP contribution in [0.3, 0.4) is 0 Å². The fourth-order valence-corrected chi connectivity index (χ4v) is 5.71. The second-order valence-corrected chi connectivity index (χ2v) is 16.8. The summed E-state index contributed by atoms with van der Waals surface area (Å²) in [6, 6.07) is 3.00. The summed E-state index contributed by atoms with van der Waals surface area (Å²) in [6.07, 6.45) is 17.3. The van der Waals surface area contributed by atoms with Crippen molar-refractivity contribution in [1.29, 1.82) is 0 Å². The zero-order valence-electron chi connectivity index (χ0n) is 19.8. The summed E-state index contributed by atoms with van der Waals surface area (Å²) in [5.41, 5.74) is 0.0257. The molecule has 0 aromatic carbocycles. The van der Waals surface area contributed by atoms with Crippen molar-refractivity contribution in [1.82, 2.24) is 0 Å². The third kappa shape index (κ3) is 22.7. The zero-order valence-corrected chi connectivity index (χ0v) is 21.7. The normalized spacial score (nSPS) is 12.7. The van der Waals surface area contributed by atoms with E-state index in [-0.39, 0.29) is 5.60 Å². The first-order valence-corrected chi connectivity index (χ1v) is 16.6. The summed E-state index contributed by atoms with van der Waals surface area (Å²) in [6.45, 7) is 14.8. The summed E-state index contributed by atoms with van der Waals surface area (Å²) in [5.74, 6) is 2.60. The quantitative estimate of drug-likeness (QED) is 0.153. The Morgan fingerprint density at radius 2 is 1.11 bits per heavy atom. The molecule has 27 heavy (non-hydrogen) atoms. The lowest BCUT2D eigenvalue weighted by atomic mass is 10.1. The average molecular weight is 417 g/mol. The molecule has 0 atom stereocenters. The molecular formula is C24H52OSSi. The van der Waals surface area contributed by atoms with Crippen LogP contribution in [-0.4, -0.2) is 31.8 Å². The molecule has 0 saturated carbocycles. The molecule has 1 nitrogen and oxygen atoms in total. The first-order chi connectivity index (χ1) is 12.8. The smallest absolute Gasteiger partial charge is 0.0598 e. The third-order valence-corrected chi connectivity index (χ3v) is 10.3. The molecule has 0 aliphatic rings. The maximum atomic E-state index is 5.75. The third-order valence-electron chi connectivity index (χ3n) is 5.57. The van der Waals surface area contributed by atoms with E-state index in [2.05, 4.69) is 52.6 Å². The summed E-state index contributed by atoms with van der Waals surface area (Å²) in [5, 5.41) is 0. The minimum Gasteiger partial charge on any atom is -0.376 e. The predicted molar refractivity (Wildman–Crippen MR) is 131 cm³/mol. The molecule has 0 aliphatic carbocycles. The molecule has 3 heteroatoms. The lowest BCUT2D eigenvalue weighted by molar-refractivity contribution is -0.00196. The number of hydrogen-bond acceptors (Lipinski definition) is 2. The highest BCUT2D eigenvalue weighted by molar-refractivity contribution is 7.99. The van der Waals surface area contributed by atoms with Gasteiger partial charge in [0.05, 0.1) is 5.60 Å². The van der Waals surface area contributed by atoms with Gasteiger partial charge in [0, 0.05) is 14.7 Å². The van der Waals surface area contributed by atoms with E-state index in [1.54, 1.807) is 6.04 Å². The van der Waals surface area contributed by atoms with Crippen LogP contribution < -0.4 is 0 Å². The Bertz CT molecular complexity index is 312. The number of unbranched alkanes of at least 4 members (excludes halogenated alkanes) is 10. The Morgan fingerprint density at radius 1 is 0.667 bits per heavy atom. The Balaban J connectivity index is 3.11. The van der Waals surface area contributed by atoms with Gasteiger partial charge in [0.25, 0.3) is 0 Å². The van der Waals surface area contributed by atoms with E-state index in [4.69, 9.17) is 4.74 Å². The van der Waals surface area contributed by atoms with Gasteiger partial charge in [-0.05, 0) is 45.1 Å². The molecule has 0 aromatic rings. The van der Waals surface area contributed by atoms with Crippen LogP contribution in [0.4, 0.5) is 0 Å². The van der Waals surface area contributed by atoms with Crippen LogP contribution in [0, 0.1) is 0 Å². The van der Waals surface area contributed by atoms with Crippen LogP contribution in [0.2, 0.25) is 25.2 Å². The molecular weight excluding hydrogens is 364 g/mol. The minimum atomic E-state index is -0.800. The van der Waals surface area contributed by atoms with E-state index in [9.17, 15) is 0 Å². The average Bonchev–Trinajstić information content (AvgIpc) is 2.59. The maximum absolute atomic E-state index is 5.75. The second-order valence-electron chi connectivity index (χ2n) is 10.1. The van der Waals surface area contributed by atoms with Crippen molar-refractivity contribution in [2.75, 3.05) is 18.1 Å². The molecule has 0 fully saturated rings. The van der Waals surface area contributed by atoms with E-state index < -0.39 is 8.07 Å². The van der Waals surface area contributed by atoms with Gasteiger partial charge in [0.15, 0.2) is 0 Å². The van der Waals surface area contributed by atoms with Gasteiger partial charge < -0.3 is 4.74 Å². The topological polar surface area (TPSA) is 9.23 Å². The molecule has 164 valence electrons. The van der Waals surface area contributed by atoms with Gasteiger partial charge in [0.1, 0.15) is 0 Å². The molecule has 0 amide bonds. The number of hydrogen-bond donors (Lipinski definition) is 0. The van der Waals surface area contributed by atoms with Crippen molar-refractivity contribution >= 4 is 19.8 Å². The Labute approximate surface area is 178 Å². The number of rotatable bonds is 19. The van der Waals surface area contributed by atoms with Gasteiger partial charge in [-0.1, -0.05) is 96.3 Å². The van der Waals surface area contributed by atoms with Crippen molar-refractivity contribution in [2.24, 2.45) is 0 Å². The SMILES string of the molecule is CC[Si](C)(C)CCCCCCCCCCCCCSCCCOC(C)(C)C. The molecule has 0 rings (SSSR count). The lowest BCUT2D eigenvalue weighted by Gasteiger charge is -2.19. The van der Waals surface area contributed by atoms with Crippen molar-refractivity contribution in [3.05, 3.63) is 0 Å². The monoisotopic (exact) mass is 416 g/mol.